The van der Waals surface area contributed by atoms with Crippen LogP contribution in [0.25, 0.3) is 0 Å². The molecule has 0 heterocycles. The Hall–Kier alpha value is 0. The summed E-state index contributed by atoms with van der Waals surface area (Å²) in [5.41, 5.74) is 0. The van der Waals surface area contributed by atoms with Crippen LogP contribution in [0.4, 0.5) is 0 Å². The van der Waals surface area contributed by atoms with Crippen LogP contribution in [-0.4, -0.2) is 0 Å². The third-order valence-electron chi connectivity index (χ3n) is 3.61. The first-order valence-corrected chi connectivity index (χ1v) is 5.36. The van der Waals surface area contributed by atoms with Crippen molar-refractivity contribution < 1.29 is 0 Å². The largest absolute Gasteiger partial charge is 0.0622 e. The number of rotatable bonds is 3. The molecule has 11 heavy (non-hydrogen) atoms. The molecule has 2 fully saturated rings. The molecular formula is C11H20. The van der Waals surface area contributed by atoms with Crippen LogP contribution in [0.3, 0.4) is 0 Å². The molecule has 0 aromatic heterocycles. The highest BCUT2D eigenvalue weighted by Gasteiger charge is 2.30. The van der Waals surface area contributed by atoms with Crippen LogP contribution in [0.15, 0.2) is 0 Å². The van der Waals surface area contributed by atoms with Crippen LogP contribution in [-0.2, 0) is 0 Å². The Labute approximate surface area is 70.4 Å². The van der Waals surface area contributed by atoms with Crippen LogP contribution in [0.5, 0.6) is 0 Å². The molecule has 2 rings (SSSR count). The van der Waals surface area contributed by atoms with Crippen molar-refractivity contribution in [1.82, 2.24) is 0 Å². The van der Waals surface area contributed by atoms with Gasteiger partial charge in [0, 0.05) is 0 Å². The molecule has 64 valence electrons. The van der Waals surface area contributed by atoms with Gasteiger partial charge in [-0.15, -0.1) is 0 Å². The first-order chi connectivity index (χ1) is 5.36. The number of hydrogen-bond acceptors (Lipinski definition) is 0. The van der Waals surface area contributed by atoms with E-state index in [-0.39, 0.29) is 0 Å². The summed E-state index contributed by atoms with van der Waals surface area (Å²) in [6, 6.07) is 0. The first-order valence-electron chi connectivity index (χ1n) is 5.36. The maximum absolute atomic E-state index is 2.47. The lowest BCUT2D eigenvalue weighted by atomic mass is 9.91. The van der Waals surface area contributed by atoms with E-state index in [2.05, 4.69) is 6.92 Å². The normalized spacial score (nSPS) is 29.2. The summed E-state index contributed by atoms with van der Waals surface area (Å²) in [6.45, 7) is 2.47. The smallest absolute Gasteiger partial charge is 0.0388 e. The average molecular weight is 152 g/mol. The van der Waals surface area contributed by atoms with Gasteiger partial charge < -0.3 is 0 Å². The van der Waals surface area contributed by atoms with Crippen molar-refractivity contribution in [3.8, 4) is 0 Å². The van der Waals surface area contributed by atoms with Gasteiger partial charge in [0.25, 0.3) is 0 Å². The van der Waals surface area contributed by atoms with E-state index in [4.69, 9.17) is 0 Å². The van der Waals surface area contributed by atoms with Crippen molar-refractivity contribution in [2.75, 3.05) is 0 Å². The molecule has 1 atom stereocenters. The third-order valence-corrected chi connectivity index (χ3v) is 3.61. The van der Waals surface area contributed by atoms with Crippen LogP contribution < -0.4 is 0 Å². The third kappa shape index (κ3) is 1.98. The molecule has 2 saturated carbocycles. The van der Waals surface area contributed by atoms with Gasteiger partial charge >= 0.3 is 0 Å². The van der Waals surface area contributed by atoms with Gasteiger partial charge in [0.05, 0.1) is 0 Å². The lowest BCUT2D eigenvalue weighted by Gasteiger charge is -2.14. The molecule has 0 aromatic carbocycles. The standard InChI is InChI=1S/C11H20/c1-9(11-6-7-11)8-10-4-2-3-5-10/h9-11H,2-8H2,1H3. The molecule has 0 aliphatic heterocycles. The van der Waals surface area contributed by atoms with Gasteiger partial charge in [0.2, 0.25) is 0 Å². The van der Waals surface area contributed by atoms with Gasteiger partial charge in [0.15, 0.2) is 0 Å². The zero-order valence-electron chi connectivity index (χ0n) is 7.68. The average Bonchev–Trinajstić information content (AvgIpc) is 2.73. The summed E-state index contributed by atoms with van der Waals surface area (Å²) < 4.78 is 0. The fraction of sp³-hybridized carbons (Fsp3) is 1.00. The van der Waals surface area contributed by atoms with Gasteiger partial charge in [-0.25, -0.2) is 0 Å². The highest BCUT2D eigenvalue weighted by Crippen LogP contribution is 2.42. The van der Waals surface area contributed by atoms with Gasteiger partial charge in [0.1, 0.15) is 0 Å². The second kappa shape index (κ2) is 3.16. The second-order valence-corrected chi connectivity index (χ2v) is 4.70. The van der Waals surface area contributed by atoms with Gasteiger partial charge in [-0.3, -0.25) is 0 Å². The molecule has 1 unspecified atom stereocenters. The van der Waals surface area contributed by atoms with E-state index in [1.54, 1.807) is 6.42 Å². The van der Waals surface area contributed by atoms with Crippen molar-refractivity contribution in [2.45, 2.75) is 51.9 Å². The van der Waals surface area contributed by atoms with Crippen LogP contribution in [0.2, 0.25) is 0 Å². The zero-order chi connectivity index (χ0) is 7.68. The molecule has 0 nitrogen and oxygen atoms in total. The quantitative estimate of drug-likeness (QED) is 0.579. The summed E-state index contributed by atoms with van der Waals surface area (Å²) in [6.07, 6.45) is 10.7. The second-order valence-electron chi connectivity index (χ2n) is 4.70. The van der Waals surface area contributed by atoms with Crippen LogP contribution >= 0.6 is 0 Å². The molecule has 0 aromatic rings. The molecule has 0 N–H and O–H groups in total. The monoisotopic (exact) mass is 152 g/mol. The van der Waals surface area contributed by atoms with Crippen molar-refractivity contribution in [2.24, 2.45) is 17.8 Å². The summed E-state index contributed by atoms with van der Waals surface area (Å²) in [5.74, 6) is 3.30. The molecule has 0 radical (unpaired) electrons. The van der Waals surface area contributed by atoms with E-state index in [0.29, 0.717) is 0 Å². The number of hydrogen-bond donors (Lipinski definition) is 0. The van der Waals surface area contributed by atoms with E-state index < -0.39 is 0 Å². The summed E-state index contributed by atoms with van der Waals surface area (Å²) in [7, 11) is 0. The van der Waals surface area contributed by atoms with E-state index in [1.807, 2.05) is 0 Å². The first kappa shape index (κ1) is 7.64. The SMILES string of the molecule is CC(CC1CCCC1)C1CC1. The summed E-state index contributed by atoms with van der Waals surface area (Å²) in [4.78, 5) is 0. The Balaban J connectivity index is 1.70. The molecule has 0 heteroatoms. The Morgan fingerprint density at radius 1 is 1.09 bits per heavy atom. The fourth-order valence-electron chi connectivity index (χ4n) is 2.63. The molecular weight excluding hydrogens is 132 g/mol. The molecule has 0 spiro atoms. The van der Waals surface area contributed by atoms with Crippen LogP contribution in [0, 0.1) is 17.8 Å². The molecule has 2 aliphatic carbocycles. The molecule has 0 saturated heterocycles. The minimum absolute atomic E-state index is 1.05. The minimum Gasteiger partial charge on any atom is -0.0622 e. The van der Waals surface area contributed by atoms with Crippen molar-refractivity contribution in [3.63, 3.8) is 0 Å². The van der Waals surface area contributed by atoms with Gasteiger partial charge in [-0.05, 0) is 37.0 Å². The van der Waals surface area contributed by atoms with Gasteiger partial charge in [-0.1, -0.05) is 32.6 Å². The molecule has 0 bridgehead atoms. The van der Waals surface area contributed by atoms with Crippen LogP contribution in [0.1, 0.15) is 51.9 Å². The van der Waals surface area contributed by atoms with Crippen molar-refractivity contribution in [1.29, 1.82) is 0 Å². The molecule has 0 amide bonds. The van der Waals surface area contributed by atoms with E-state index in [9.17, 15) is 0 Å². The summed E-state index contributed by atoms with van der Waals surface area (Å²) in [5, 5.41) is 0. The Morgan fingerprint density at radius 2 is 1.73 bits per heavy atom. The highest BCUT2D eigenvalue weighted by atomic mass is 14.4. The van der Waals surface area contributed by atoms with E-state index >= 15 is 0 Å². The van der Waals surface area contributed by atoms with Crippen molar-refractivity contribution >= 4 is 0 Å². The fourth-order valence-corrected chi connectivity index (χ4v) is 2.63. The maximum atomic E-state index is 2.47. The Kier molecular flexibility index (Phi) is 2.20. The zero-order valence-corrected chi connectivity index (χ0v) is 7.68. The lowest BCUT2D eigenvalue weighted by Crippen LogP contribution is -2.04. The Morgan fingerprint density at radius 3 is 2.27 bits per heavy atom. The molecule has 2 aliphatic rings. The Bertz CT molecular complexity index is 118. The topological polar surface area (TPSA) is 0 Å². The van der Waals surface area contributed by atoms with E-state index in [1.165, 1.54) is 38.5 Å². The van der Waals surface area contributed by atoms with Crippen molar-refractivity contribution in [3.05, 3.63) is 0 Å². The van der Waals surface area contributed by atoms with Gasteiger partial charge in [-0.2, -0.15) is 0 Å². The summed E-state index contributed by atoms with van der Waals surface area (Å²) >= 11 is 0. The predicted molar refractivity (Wildman–Crippen MR) is 48.5 cm³/mol. The van der Waals surface area contributed by atoms with E-state index in [0.717, 1.165) is 17.8 Å². The predicted octanol–water partition coefficient (Wildman–Crippen LogP) is 3.61. The maximum Gasteiger partial charge on any atom is -0.0388 e. The lowest BCUT2D eigenvalue weighted by molar-refractivity contribution is 0.365. The minimum atomic E-state index is 1.05. The highest BCUT2D eigenvalue weighted by molar-refractivity contribution is 4.81.